The molecule has 2 atom stereocenters. The molecule has 1 N–H and O–H groups in total. The van der Waals surface area contributed by atoms with Gasteiger partial charge in [0.2, 0.25) is 0 Å². The van der Waals surface area contributed by atoms with E-state index in [0.717, 1.165) is 40.0 Å². The molecule has 0 spiro atoms. The van der Waals surface area contributed by atoms with Gasteiger partial charge in [-0.3, -0.25) is 9.69 Å². The van der Waals surface area contributed by atoms with Crippen molar-refractivity contribution in [1.82, 2.24) is 4.90 Å². The molecule has 1 saturated heterocycles. The number of hydrogen-bond donors (Lipinski definition) is 1. The van der Waals surface area contributed by atoms with Crippen molar-refractivity contribution in [3.63, 3.8) is 0 Å². The molecule has 152 valence electrons. The Balaban J connectivity index is 1.89. The van der Waals surface area contributed by atoms with Gasteiger partial charge in [-0.25, -0.2) is 0 Å². The zero-order valence-electron chi connectivity index (χ0n) is 16.3. The summed E-state index contributed by atoms with van der Waals surface area (Å²) in [5.41, 5.74) is 1.01. The van der Waals surface area contributed by atoms with Gasteiger partial charge in [0, 0.05) is 19.6 Å². The fourth-order valence-electron chi connectivity index (χ4n) is 4.18. The van der Waals surface area contributed by atoms with Crippen molar-refractivity contribution < 1.29 is 14.6 Å². The maximum atomic E-state index is 12.1. The fourth-order valence-corrected chi connectivity index (χ4v) is 5.76. The van der Waals surface area contributed by atoms with Crippen molar-refractivity contribution in [3.05, 3.63) is 63.4 Å². The molecular formula is C23H24BrNO3S. The van der Waals surface area contributed by atoms with Gasteiger partial charge in [0.15, 0.2) is 0 Å². The number of nitrogens with zero attached hydrogens (tertiary/aromatic N) is 1. The highest BCUT2D eigenvalue weighted by molar-refractivity contribution is 9.10. The Morgan fingerprint density at radius 1 is 1.28 bits per heavy atom. The fraction of sp³-hybridized carbons (Fsp3) is 0.348. The predicted octanol–water partition coefficient (Wildman–Crippen LogP) is 6.09. The smallest absolute Gasteiger partial charge is 0.320 e. The Morgan fingerprint density at radius 2 is 2.10 bits per heavy atom. The molecule has 4 rings (SSSR count). The summed E-state index contributed by atoms with van der Waals surface area (Å²) >= 11 is 5.34. The number of piperidine rings is 1. The van der Waals surface area contributed by atoms with Crippen LogP contribution in [0.25, 0.3) is 10.1 Å². The highest BCUT2D eigenvalue weighted by Gasteiger charge is 2.37. The number of carboxylic acid groups (broad SMARTS) is 1. The van der Waals surface area contributed by atoms with Crippen LogP contribution in [0.1, 0.15) is 42.7 Å². The number of fused-ring (bicyclic) bond motifs is 1. The van der Waals surface area contributed by atoms with Gasteiger partial charge in [-0.1, -0.05) is 40.5 Å². The van der Waals surface area contributed by atoms with Crippen LogP contribution < -0.4 is 4.74 Å². The molecule has 29 heavy (non-hydrogen) atoms. The van der Waals surface area contributed by atoms with Crippen LogP contribution in [0.15, 0.2) is 53.0 Å². The van der Waals surface area contributed by atoms with Crippen LogP contribution >= 0.6 is 27.3 Å². The number of ether oxygens (including phenoxy) is 1. The number of thiophene rings is 1. The van der Waals surface area contributed by atoms with Crippen LogP contribution in [0.4, 0.5) is 0 Å². The molecule has 2 heterocycles. The molecule has 0 aliphatic carbocycles. The second kappa shape index (κ2) is 8.86. The van der Waals surface area contributed by atoms with E-state index in [1.807, 2.05) is 31.2 Å². The molecule has 1 aliphatic rings. The number of carboxylic acids is 1. The first-order valence-corrected chi connectivity index (χ1v) is 11.6. The summed E-state index contributed by atoms with van der Waals surface area (Å²) in [6.07, 6.45) is 2.63. The number of carbonyl (C=O) groups is 1. The summed E-state index contributed by atoms with van der Waals surface area (Å²) in [4.78, 5) is 15.4. The van der Waals surface area contributed by atoms with Gasteiger partial charge in [0.05, 0.1) is 12.6 Å². The molecule has 1 aromatic heterocycles. The molecule has 2 aromatic carbocycles. The van der Waals surface area contributed by atoms with Crippen LogP contribution in [0.3, 0.4) is 0 Å². The first-order chi connectivity index (χ1) is 14.1. The van der Waals surface area contributed by atoms with Crippen molar-refractivity contribution in [1.29, 1.82) is 0 Å². The van der Waals surface area contributed by atoms with E-state index in [2.05, 4.69) is 45.1 Å². The normalized spacial score (nSPS) is 18.6. The summed E-state index contributed by atoms with van der Waals surface area (Å²) in [6, 6.07) is 15.9. The lowest BCUT2D eigenvalue weighted by molar-refractivity contribution is -0.145. The molecule has 3 aromatic rings. The molecule has 1 aliphatic heterocycles. The SMILES string of the molecule is CCOc1ccc(Br)cc1C(c1cc2ccccc2s1)N1CCCCC1C(=O)O. The van der Waals surface area contributed by atoms with Crippen molar-refractivity contribution in [3.8, 4) is 5.75 Å². The van der Waals surface area contributed by atoms with Gasteiger partial charge >= 0.3 is 5.97 Å². The molecule has 0 radical (unpaired) electrons. The van der Waals surface area contributed by atoms with Crippen molar-refractivity contribution in [2.24, 2.45) is 0 Å². The Hall–Kier alpha value is -1.89. The van der Waals surface area contributed by atoms with E-state index in [9.17, 15) is 9.90 Å². The first kappa shape index (κ1) is 20.4. The third kappa shape index (κ3) is 4.20. The Bertz CT molecular complexity index is 985. The van der Waals surface area contributed by atoms with E-state index in [0.29, 0.717) is 13.0 Å². The lowest BCUT2D eigenvalue weighted by atomic mass is 9.94. The minimum atomic E-state index is -0.747. The van der Waals surface area contributed by atoms with E-state index in [4.69, 9.17) is 4.74 Å². The lowest BCUT2D eigenvalue weighted by Gasteiger charge is -2.39. The summed E-state index contributed by atoms with van der Waals surface area (Å²) in [6.45, 7) is 3.30. The minimum Gasteiger partial charge on any atom is -0.494 e. The van der Waals surface area contributed by atoms with E-state index < -0.39 is 12.0 Å². The maximum absolute atomic E-state index is 12.1. The highest BCUT2D eigenvalue weighted by atomic mass is 79.9. The van der Waals surface area contributed by atoms with Crippen LogP contribution in [-0.4, -0.2) is 35.2 Å². The Kier molecular flexibility index (Phi) is 6.23. The van der Waals surface area contributed by atoms with Crippen molar-refractivity contribution >= 4 is 43.3 Å². The molecule has 2 unspecified atom stereocenters. The predicted molar refractivity (Wildman–Crippen MR) is 121 cm³/mol. The van der Waals surface area contributed by atoms with Crippen LogP contribution in [-0.2, 0) is 4.79 Å². The number of rotatable bonds is 6. The van der Waals surface area contributed by atoms with E-state index >= 15 is 0 Å². The Labute approximate surface area is 183 Å². The molecular weight excluding hydrogens is 450 g/mol. The number of aliphatic carboxylic acids is 1. The van der Waals surface area contributed by atoms with Gasteiger partial charge in [0.1, 0.15) is 11.8 Å². The third-order valence-electron chi connectivity index (χ3n) is 5.44. The zero-order valence-corrected chi connectivity index (χ0v) is 18.7. The number of likely N-dealkylation sites (tertiary alicyclic amines) is 1. The average Bonchev–Trinajstić information content (AvgIpc) is 3.14. The second-order valence-electron chi connectivity index (χ2n) is 7.29. The molecule has 0 saturated carbocycles. The van der Waals surface area contributed by atoms with Gasteiger partial charge in [0.25, 0.3) is 0 Å². The summed E-state index contributed by atoms with van der Waals surface area (Å²) in [5.74, 6) is 0.0663. The molecule has 4 nitrogen and oxygen atoms in total. The quantitative estimate of drug-likeness (QED) is 0.470. The topological polar surface area (TPSA) is 49.8 Å². The summed E-state index contributed by atoms with van der Waals surface area (Å²) in [5, 5.41) is 11.1. The standard InChI is InChI=1S/C23H24BrNO3S/c1-2-28-19-11-10-16(24)14-17(19)22(25-12-6-5-8-18(25)23(26)27)21-13-15-7-3-4-9-20(15)29-21/h3-4,7,9-11,13-14,18,22H,2,5-6,8,12H2,1H3,(H,26,27). The monoisotopic (exact) mass is 473 g/mol. The summed E-state index contributed by atoms with van der Waals surface area (Å²) in [7, 11) is 0. The van der Waals surface area contributed by atoms with Gasteiger partial charge in [-0.05, 0) is 62.0 Å². The largest absolute Gasteiger partial charge is 0.494 e. The average molecular weight is 474 g/mol. The van der Waals surface area contributed by atoms with Crippen LogP contribution in [0.5, 0.6) is 5.75 Å². The number of benzene rings is 2. The molecule has 1 fully saturated rings. The van der Waals surface area contributed by atoms with E-state index in [-0.39, 0.29) is 6.04 Å². The second-order valence-corrected chi connectivity index (χ2v) is 9.32. The maximum Gasteiger partial charge on any atom is 0.320 e. The van der Waals surface area contributed by atoms with Crippen LogP contribution in [0, 0.1) is 0 Å². The van der Waals surface area contributed by atoms with Crippen LogP contribution in [0.2, 0.25) is 0 Å². The van der Waals surface area contributed by atoms with Crippen molar-refractivity contribution in [2.45, 2.75) is 38.3 Å². The first-order valence-electron chi connectivity index (χ1n) is 9.97. The minimum absolute atomic E-state index is 0.159. The van der Waals surface area contributed by atoms with Gasteiger partial charge < -0.3 is 9.84 Å². The molecule has 0 bridgehead atoms. The lowest BCUT2D eigenvalue weighted by Crippen LogP contribution is -2.46. The van der Waals surface area contributed by atoms with Gasteiger partial charge in [-0.2, -0.15) is 0 Å². The number of halogens is 1. The highest BCUT2D eigenvalue weighted by Crippen LogP contribution is 2.43. The Morgan fingerprint density at radius 3 is 2.86 bits per heavy atom. The molecule has 0 amide bonds. The molecule has 6 heteroatoms. The summed E-state index contributed by atoms with van der Waals surface area (Å²) < 4.78 is 8.14. The van der Waals surface area contributed by atoms with Gasteiger partial charge in [-0.15, -0.1) is 11.3 Å². The zero-order chi connectivity index (χ0) is 20.4. The van der Waals surface area contributed by atoms with E-state index in [1.54, 1.807) is 11.3 Å². The third-order valence-corrected chi connectivity index (χ3v) is 7.10. The van der Waals surface area contributed by atoms with E-state index in [1.165, 1.54) is 10.1 Å². The number of hydrogen-bond acceptors (Lipinski definition) is 4. The van der Waals surface area contributed by atoms with Crippen molar-refractivity contribution in [2.75, 3.05) is 13.2 Å².